The van der Waals surface area contributed by atoms with Crippen LogP contribution < -0.4 is 16.4 Å². The molecule has 0 fully saturated rings. The Hall–Kier alpha value is -7.10. The summed E-state index contributed by atoms with van der Waals surface area (Å²) < 4.78 is 5.62. The fourth-order valence-electron chi connectivity index (χ4n) is 15.8. The van der Waals surface area contributed by atoms with Crippen LogP contribution in [-0.2, 0) is 37.9 Å². The van der Waals surface area contributed by atoms with Crippen LogP contribution in [0.3, 0.4) is 0 Å². The summed E-state index contributed by atoms with van der Waals surface area (Å²) in [6, 6.07) is 57.1. The normalized spacial score (nSPS) is 15.2. The van der Waals surface area contributed by atoms with E-state index in [4.69, 9.17) is 0 Å². The molecule has 0 amide bonds. The number of hydrogen-bond donors (Lipinski definition) is 0. The summed E-state index contributed by atoms with van der Waals surface area (Å²) >= 11 is 0. The number of rotatable bonds is 1. The van der Waals surface area contributed by atoms with Gasteiger partial charge in [-0.15, -0.1) is 0 Å². The predicted molar refractivity (Wildman–Crippen MR) is 346 cm³/mol. The SMILES string of the molecule is CC(C)(C)c1ccc2c(c1)c1cc(C(C)(C)C)cc3c1n2-c1c(-c2cc(C(C)(C)C)c(C(C)(C)C)c4ccccc24)cc2c4c1B3c1cc(C(C)(C)C)cc3c5cc(C(C)(C)C)cc(c5n-4c13)C21c2ccccc2-c2ccccc21. The average molecular weight is 1040 g/mol. The molecule has 11 aromatic rings. The summed E-state index contributed by atoms with van der Waals surface area (Å²) in [5.41, 5.74) is 30.2. The topological polar surface area (TPSA) is 9.86 Å². The van der Waals surface area contributed by atoms with Crippen LogP contribution in [0, 0.1) is 0 Å². The number of nitrogens with zero attached hydrogens (tertiary/aromatic N) is 2. The van der Waals surface area contributed by atoms with Crippen molar-refractivity contribution in [2.75, 3.05) is 0 Å². The van der Waals surface area contributed by atoms with Gasteiger partial charge in [0.25, 0.3) is 6.71 Å². The van der Waals surface area contributed by atoms with Crippen LogP contribution in [0.4, 0.5) is 0 Å². The zero-order valence-electron chi connectivity index (χ0n) is 50.8. The summed E-state index contributed by atoms with van der Waals surface area (Å²) in [5.74, 6) is 0. The molecular formula is C77H77BN2. The third kappa shape index (κ3) is 6.28. The van der Waals surface area contributed by atoms with Gasteiger partial charge in [-0.1, -0.05) is 222 Å². The Morgan fingerprint density at radius 2 is 0.812 bits per heavy atom. The van der Waals surface area contributed by atoms with Gasteiger partial charge in [0.05, 0.1) is 22.1 Å². The molecule has 1 spiro atoms. The Bertz CT molecular complexity index is 4590. The molecule has 0 atom stereocenters. The molecule has 15 rings (SSSR count). The van der Waals surface area contributed by atoms with E-state index in [1.165, 1.54) is 160 Å². The largest absolute Gasteiger partial charge is 0.310 e. The molecule has 0 unspecified atom stereocenters. The summed E-state index contributed by atoms with van der Waals surface area (Å²) in [4.78, 5) is 0. The first-order valence-corrected chi connectivity index (χ1v) is 29.8. The van der Waals surface area contributed by atoms with Crippen LogP contribution in [-0.4, -0.2) is 15.8 Å². The van der Waals surface area contributed by atoms with E-state index in [-0.39, 0.29) is 39.2 Å². The molecule has 0 radical (unpaired) electrons. The van der Waals surface area contributed by atoms with Gasteiger partial charge >= 0.3 is 0 Å². The second-order valence-electron chi connectivity index (χ2n) is 31.0. The highest BCUT2D eigenvalue weighted by Gasteiger charge is 2.55. The van der Waals surface area contributed by atoms with E-state index in [0.29, 0.717) is 0 Å². The van der Waals surface area contributed by atoms with Gasteiger partial charge in [0.2, 0.25) is 0 Å². The first-order chi connectivity index (χ1) is 37.5. The Morgan fingerprint density at radius 3 is 1.36 bits per heavy atom. The monoisotopic (exact) mass is 1040 g/mol. The van der Waals surface area contributed by atoms with Gasteiger partial charge in [-0.2, -0.15) is 0 Å². The molecule has 3 aliphatic heterocycles. The van der Waals surface area contributed by atoms with Crippen LogP contribution in [0.1, 0.15) is 180 Å². The molecule has 1 aliphatic carbocycles. The van der Waals surface area contributed by atoms with Crippen LogP contribution in [0.25, 0.3) is 88.0 Å². The zero-order valence-corrected chi connectivity index (χ0v) is 50.8. The second kappa shape index (κ2) is 15.3. The summed E-state index contributed by atoms with van der Waals surface area (Å²) in [6.45, 7) is 43.4. The number of benzene rings is 9. The molecule has 398 valence electrons. The van der Waals surface area contributed by atoms with Crippen molar-refractivity contribution in [2.45, 2.75) is 163 Å². The third-order valence-corrected chi connectivity index (χ3v) is 19.7. The lowest BCUT2D eigenvalue weighted by Crippen LogP contribution is -2.61. The van der Waals surface area contributed by atoms with Crippen LogP contribution in [0.5, 0.6) is 0 Å². The maximum atomic E-state index is 2.83. The van der Waals surface area contributed by atoms with Gasteiger partial charge in [-0.3, -0.25) is 0 Å². The molecule has 2 nitrogen and oxygen atoms in total. The van der Waals surface area contributed by atoms with Crippen LogP contribution in [0.2, 0.25) is 0 Å². The van der Waals surface area contributed by atoms with Crippen molar-refractivity contribution in [3.63, 3.8) is 0 Å². The molecular weight excluding hydrogens is 964 g/mol. The molecule has 9 aromatic carbocycles. The highest BCUT2D eigenvalue weighted by atomic mass is 15.1. The Balaban J connectivity index is 1.28. The summed E-state index contributed by atoms with van der Waals surface area (Å²) in [6.07, 6.45) is 0. The van der Waals surface area contributed by atoms with E-state index >= 15 is 0 Å². The lowest BCUT2D eigenvalue weighted by atomic mass is 9.33. The molecule has 0 N–H and O–H groups in total. The minimum Gasteiger partial charge on any atom is -0.310 e. The van der Waals surface area contributed by atoms with Gasteiger partial charge in [0.1, 0.15) is 0 Å². The van der Waals surface area contributed by atoms with Crippen molar-refractivity contribution < 1.29 is 0 Å². The van der Waals surface area contributed by atoms with Crippen LogP contribution >= 0.6 is 0 Å². The Labute approximate surface area is 475 Å². The molecule has 0 bridgehead atoms. The quantitative estimate of drug-likeness (QED) is 0.145. The molecule has 3 heteroatoms. The van der Waals surface area contributed by atoms with Gasteiger partial charge in [0.15, 0.2) is 0 Å². The van der Waals surface area contributed by atoms with Crippen molar-refractivity contribution in [1.82, 2.24) is 9.13 Å². The van der Waals surface area contributed by atoms with Crippen molar-refractivity contribution in [3.8, 4) is 33.6 Å². The van der Waals surface area contributed by atoms with Crippen molar-refractivity contribution in [3.05, 3.63) is 195 Å². The zero-order chi connectivity index (χ0) is 56.2. The summed E-state index contributed by atoms with van der Waals surface area (Å²) in [7, 11) is 0. The lowest BCUT2D eigenvalue weighted by Gasteiger charge is -2.45. The van der Waals surface area contributed by atoms with E-state index in [0.717, 1.165) is 0 Å². The van der Waals surface area contributed by atoms with Gasteiger partial charge in [-0.25, -0.2) is 0 Å². The molecule has 2 aromatic heterocycles. The lowest BCUT2D eigenvalue weighted by molar-refractivity contribution is 0.535. The van der Waals surface area contributed by atoms with E-state index in [1.807, 2.05) is 0 Å². The Morgan fingerprint density at radius 1 is 0.325 bits per heavy atom. The van der Waals surface area contributed by atoms with E-state index in [9.17, 15) is 0 Å². The minimum atomic E-state index is -0.650. The summed E-state index contributed by atoms with van der Waals surface area (Å²) in [5, 5.41) is 8.09. The van der Waals surface area contributed by atoms with Crippen LogP contribution in [0.15, 0.2) is 140 Å². The van der Waals surface area contributed by atoms with E-state index in [1.54, 1.807) is 0 Å². The van der Waals surface area contributed by atoms with E-state index < -0.39 is 5.41 Å². The third-order valence-electron chi connectivity index (χ3n) is 19.7. The molecule has 80 heavy (non-hydrogen) atoms. The minimum absolute atomic E-state index is 0.0335. The fourth-order valence-corrected chi connectivity index (χ4v) is 15.8. The number of aromatic nitrogens is 2. The smallest absolute Gasteiger partial charge is 0.252 e. The standard InChI is InChI=1S/C77H77BN2/c1-71(2,3)42-31-32-63-51(33-42)52-35-44(73(7,8)9)38-61-67(52)79(63)69-55(50-40-58(75(13,14)15)64(76(16,17)18)49-28-20-19-25-46(49)50)41-60-70-65(69)78(61)62-39-45(74(10,11)12)36-54-53-34-43(72(4,5)6)37-59(66(53)80(70)68(54)62)77(60)56-29-23-21-26-47(56)48-27-22-24-30-57(48)77/h19-41H,1-18H3. The fraction of sp³-hybridized carbons (Fsp3) is 0.325. The first kappa shape index (κ1) is 49.9. The number of hydrogen-bond acceptors (Lipinski definition) is 0. The molecule has 5 heterocycles. The maximum absolute atomic E-state index is 2.83. The highest BCUT2D eigenvalue weighted by Crippen LogP contribution is 2.63. The van der Waals surface area contributed by atoms with Gasteiger partial charge < -0.3 is 9.13 Å². The highest BCUT2D eigenvalue weighted by molar-refractivity contribution is 7.00. The van der Waals surface area contributed by atoms with Crippen molar-refractivity contribution >= 4 is 77.5 Å². The van der Waals surface area contributed by atoms with Gasteiger partial charge in [-0.05, 0) is 174 Å². The molecule has 0 saturated carbocycles. The number of fused-ring (bicyclic) bond motifs is 15. The van der Waals surface area contributed by atoms with Crippen molar-refractivity contribution in [1.29, 1.82) is 0 Å². The van der Waals surface area contributed by atoms with E-state index in [2.05, 4.69) is 273 Å². The molecule has 0 saturated heterocycles. The average Bonchev–Trinajstić information content (AvgIpc) is 2.50. The predicted octanol–water partition coefficient (Wildman–Crippen LogP) is 18.3. The van der Waals surface area contributed by atoms with Crippen molar-refractivity contribution in [2.24, 2.45) is 0 Å². The maximum Gasteiger partial charge on any atom is 0.252 e. The first-order valence-electron chi connectivity index (χ1n) is 29.8. The Kier molecular flexibility index (Phi) is 9.52. The second-order valence-corrected chi connectivity index (χ2v) is 31.0. The van der Waals surface area contributed by atoms with Gasteiger partial charge in [0, 0.05) is 43.8 Å². The molecule has 4 aliphatic rings.